The van der Waals surface area contributed by atoms with Gasteiger partial charge in [0.25, 0.3) is 23.6 Å². The summed E-state index contributed by atoms with van der Waals surface area (Å²) in [6, 6.07) is 12.8. The summed E-state index contributed by atoms with van der Waals surface area (Å²) >= 11 is 0. The Morgan fingerprint density at radius 1 is 0.786 bits per heavy atom. The molecule has 1 unspecified atom stereocenters. The molecule has 4 heterocycles. The number of hydrogen-bond donors (Lipinski definition) is 5. The second-order valence-corrected chi connectivity index (χ2v) is 17.0. The topological polar surface area (TPSA) is 221 Å². The number of benzene rings is 3. The van der Waals surface area contributed by atoms with E-state index in [-0.39, 0.29) is 105 Å². The van der Waals surface area contributed by atoms with Gasteiger partial charge in [-0.3, -0.25) is 48.7 Å². The number of carbonyl (C=O) groups excluding carboxylic acids is 6. The molecule has 0 saturated carbocycles. The molecule has 5 N–H and O–H groups in total. The van der Waals surface area contributed by atoms with Gasteiger partial charge in [-0.1, -0.05) is 18.2 Å². The molecule has 2 saturated heterocycles. The molecule has 0 aliphatic carbocycles. The van der Waals surface area contributed by atoms with Crippen molar-refractivity contribution in [2.24, 2.45) is 0 Å². The molecule has 6 amide bonds. The van der Waals surface area contributed by atoms with Crippen LogP contribution in [0.5, 0.6) is 0 Å². The number of anilines is 3. The number of hydrogen-bond acceptors (Lipinski definition) is 13. The maximum Gasteiger partial charge on any atom is 0.417 e. The van der Waals surface area contributed by atoms with Gasteiger partial charge in [0.05, 0.1) is 73.3 Å². The van der Waals surface area contributed by atoms with Crippen LogP contribution in [0, 0.1) is 5.82 Å². The van der Waals surface area contributed by atoms with E-state index in [1.807, 2.05) is 25.8 Å². The second-order valence-electron chi connectivity index (χ2n) is 17.0. The summed E-state index contributed by atoms with van der Waals surface area (Å²) in [5.41, 5.74) is -1.51. The Hall–Kier alpha value is -7.01. The first-order valence-corrected chi connectivity index (χ1v) is 22.5. The predicted octanol–water partition coefficient (Wildman–Crippen LogP) is 4.27. The van der Waals surface area contributed by atoms with E-state index in [1.54, 1.807) is 24.3 Å². The Labute approximate surface area is 399 Å². The van der Waals surface area contributed by atoms with E-state index in [0.717, 1.165) is 11.0 Å². The van der Waals surface area contributed by atoms with Gasteiger partial charge in [0.15, 0.2) is 0 Å². The Morgan fingerprint density at radius 3 is 2.14 bits per heavy atom. The fourth-order valence-electron chi connectivity index (χ4n) is 8.46. The molecular weight excluding hydrogens is 925 g/mol. The molecule has 1 aromatic heterocycles. The number of halogens is 4. The molecule has 3 aliphatic heterocycles. The molecule has 18 nitrogen and oxygen atoms in total. The van der Waals surface area contributed by atoms with Crippen LogP contribution in [0.3, 0.4) is 0 Å². The minimum Gasteiger partial charge on any atom is -0.382 e. The molecule has 0 bridgehead atoms. The van der Waals surface area contributed by atoms with Crippen molar-refractivity contribution in [3.05, 3.63) is 111 Å². The highest BCUT2D eigenvalue weighted by Gasteiger charge is 2.45. The van der Waals surface area contributed by atoms with Crippen molar-refractivity contribution in [2.75, 3.05) is 88.4 Å². The zero-order chi connectivity index (χ0) is 50.3. The number of fused-ring (bicyclic) bond motifs is 1. The lowest BCUT2D eigenvalue weighted by atomic mass is 10.00. The number of alkyl halides is 3. The number of rotatable bonds is 19. The number of likely N-dealkylation sites (N-methyl/N-ethyl adjacent to an activating group) is 1. The van der Waals surface area contributed by atoms with E-state index in [4.69, 9.17) is 14.2 Å². The van der Waals surface area contributed by atoms with Crippen LogP contribution in [-0.2, 0) is 30.0 Å². The lowest BCUT2D eigenvalue weighted by Gasteiger charge is -2.44. The molecule has 3 aliphatic rings. The molecule has 3 aromatic carbocycles. The Bertz CT molecular complexity index is 2700. The van der Waals surface area contributed by atoms with Crippen molar-refractivity contribution in [1.82, 2.24) is 25.4 Å². The van der Waals surface area contributed by atoms with Crippen molar-refractivity contribution in [2.45, 2.75) is 51.0 Å². The first-order valence-electron chi connectivity index (χ1n) is 22.5. The number of aromatic nitrogens is 1. The maximum absolute atomic E-state index is 15.7. The highest BCUT2D eigenvalue weighted by molar-refractivity contribution is 6.25. The molecule has 7 rings (SSSR count). The number of nitrogens with one attached hydrogen (secondary N) is 5. The molecular formula is C48H52F4N8O10. The van der Waals surface area contributed by atoms with Gasteiger partial charge in [-0.15, -0.1) is 0 Å². The van der Waals surface area contributed by atoms with Crippen molar-refractivity contribution in [3.8, 4) is 11.1 Å². The van der Waals surface area contributed by atoms with Crippen LogP contribution < -0.4 is 31.7 Å². The van der Waals surface area contributed by atoms with Crippen LogP contribution in [0.15, 0.2) is 71.7 Å². The van der Waals surface area contributed by atoms with Crippen LogP contribution >= 0.6 is 0 Å². The summed E-state index contributed by atoms with van der Waals surface area (Å²) < 4.78 is 74.1. The number of amides is 6. The SMILES string of the molecule is C[C@@H]1CN(c2ccc(-c3ccc(C(=O)NCCOCCOCCOCCNc4cccc5c4C(=O)N(C4CCC(=O)NC4=O)C5=O)cc3F)cc2NC(=O)c2c[nH]c(=O)cc2C(F)(F)F)C[C@H](C)N1C. The third-order valence-electron chi connectivity index (χ3n) is 12.3. The van der Waals surface area contributed by atoms with E-state index in [0.29, 0.717) is 43.3 Å². The van der Waals surface area contributed by atoms with Crippen molar-refractivity contribution < 1.29 is 60.5 Å². The largest absolute Gasteiger partial charge is 0.417 e. The summed E-state index contributed by atoms with van der Waals surface area (Å²) in [5.74, 6) is -4.81. The van der Waals surface area contributed by atoms with Gasteiger partial charge in [-0.25, -0.2) is 4.39 Å². The smallest absolute Gasteiger partial charge is 0.382 e. The minimum absolute atomic E-state index is 0.0227. The molecule has 22 heteroatoms. The van der Waals surface area contributed by atoms with Crippen LogP contribution in [-0.4, -0.2) is 141 Å². The van der Waals surface area contributed by atoms with E-state index < -0.39 is 70.2 Å². The zero-order valence-electron chi connectivity index (χ0n) is 38.5. The number of pyridine rings is 1. The maximum atomic E-state index is 15.7. The van der Waals surface area contributed by atoms with Gasteiger partial charge < -0.3 is 40.0 Å². The summed E-state index contributed by atoms with van der Waals surface area (Å²) in [7, 11) is 1.98. The molecule has 70 heavy (non-hydrogen) atoms. The number of piperazine rings is 1. The number of nitrogens with zero attached hydrogens (tertiary/aromatic N) is 3. The Balaban J connectivity index is 0.839. The summed E-state index contributed by atoms with van der Waals surface area (Å²) in [4.78, 5) is 95.6. The number of piperidine rings is 1. The molecule has 2 fully saturated rings. The monoisotopic (exact) mass is 976 g/mol. The molecule has 0 radical (unpaired) electrons. The number of ether oxygens (including phenoxy) is 3. The fourth-order valence-corrected chi connectivity index (χ4v) is 8.46. The van der Waals surface area contributed by atoms with E-state index in [2.05, 4.69) is 31.2 Å². The van der Waals surface area contributed by atoms with Crippen LogP contribution in [0.1, 0.15) is 73.7 Å². The number of carbonyl (C=O) groups is 6. The highest BCUT2D eigenvalue weighted by Crippen LogP contribution is 2.37. The standard InChI is InChI=1S/C48H52F4N8O10/c1-27-25-59(26-28(2)58(27)3)38-10-8-29(22-37(38)56-44(64)33-24-55-41(62)23-34(33)48(50,51)52)31-9-7-30(21-35(31)49)43(63)54-14-16-69-18-20-70-19-17-68-15-13-53-36-6-4-5-32-42(36)47(67)60(46(32)66)39-11-12-40(61)57-45(39)65/h4-10,21-24,27-28,39,53H,11-20,25-26H2,1-3H3,(H,54,63)(H,55,62)(H,56,64)(H,57,61,65)/t27-,28+,39?. The minimum atomic E-state index is -4.99. The van der Waals surface area contributed by atoms with Crippen LogP contribution in [0.4, 0.5) is 34.6 Å². The summed E-state index contributed by atoms with van der Waals surface area (Å²) in [5, 5.41) is 10.5. The average Bonchev–Trinajstić information content (AvgIpc) is 3.57. The third-order valence-corrected chi connectivity index (χ3v) is 12.3. The van der Waals surface area contributed by atoms with Crippen LogP contribution in [0.2, 0.25) is 0 Å². The van der Waals surface area contributed by atoms with E-state index in [1.165, 1.54) is 24.3 Å². The first kappa shape index (κ1) is 50.9. The molecule has 372 valence electrons. The number of imide groups is 2. The van der Waals surface area contributed by atoms with E-state index in [9.17, 15) is 46.7 Å². The quantitative estimate of drug-likeness (QED) is 0.0504. The van der Waals surface area contributed by atoms with Crippen molar-refractivity contribution in [1.29, 1.82) is 0 Å². The van der Waals surface area contributed by atoms with Gasteiger partial charge in [0.2, 0.25) is 17.4 Å². The number of aromatic amines is 1. The predicted molar refractivity (Wildman–Crippen MR) is 247 cm³/mol. The van der Waals surface area contributed by atoms with Crippen molar-refractivity contribution in [3.63, 3.8) is 0 Å². The Morgan fingerprint density at radius 2 is 1.47 bits per heavy atom. The van der Waals surface area contributed by atoms with Gasteiger partial charge in [0.1, 0.15) is 11.9 Å². The van der Waals surface area contributed by atoms with Gasteiger partial charge in [-0.05, 0) is 69.3 Å². The van der Waals surface area contributed by atoms with Gasteiger partial charge >= 0.3 is 6.18 Å². The van der Waals surface area contributed by atoms with E-state index >= 15 is 4.39 Å². The average molecular weight is 977 g/mol. The molecule has 4 aromatic rings. The second kappa shape index (κ2) is 22.2. The lowest BCUT2D eigenvalue weighted by molar-refractivity contribution is -0.138. The number of H-pyrrole nitrogens is 1. The zero-order valence-corrected chi connectivity index (χ0v) is 38.5. The molecule has 0 spiro atoms. The normalized spacial score (nSPS) is 18.5. The summed E-state index contributed by atoms with van der Waals surface area (Å²) in [6.45, 7) is 6.84. The van der Waals surface area contributed by atoms with Gasteiger partial charge in [0, 0.05) is 73.8 Å². The van der Waals surface area contributed by atoms with Gasteiger partial charge in [-0.2, -0.15) is 13.2 Å². The lowest BCUT2D eigenvalue weighted by Crippen LogP contribution is -2.55. The highest BCUT2D eigenvalue weighted by atomic mass is 19.4. The first-order chi connectivity index (χ1) is 33.4. The summed E-state index contributed by atoms with van der Waals surface area (Å²) in [6.07, 6.45) is -4.21. The molecule has 3 atom stereocenters. The van der Waals surface area contributed by atoms with Crippen molar-refractivity contribution >= 4 is 52.5 Å². The third kappa shape index (κ3) is 11.7. The fraction of sp³-hybridized carbons (Fsp3) is 0.396. The Kier molecular flexibility index (Phi) is 16.1. The van der Waals surface area contributed by atoms with Crippen LogP contribution in [0.25, 0.3) is 11.1 Å².